The number of hydrogen-bond acceptors (Lipinski definition) is 3. The SMILES string of the molecule is COc1cc(NC(=O)C(C)C2CNC2)ccc1Cl. The summed E-state index contributed by atoms with van der Waals surface area (Å²) in [5.74, 6) is 1.03. The van der Waals surface area contributed by atoms with Gasteiger partial charge in [-0.25, -0.2) is 0 Å². The molecule has 0 saturated carbocycles. The van der Waals surface area contributed by atoms with E-state index in [1.165, 1.54) is 0 Å². The van der Waals surface area contributed by atoms with Gasteiger partial charge in [0.25, 0.3) is 0 Å². The summed E-state index contributed by atoms with van der Waals surface area (Å²) in [5, 5.41) is 6.59. The zero-order chi connectivity index (χ0) is 13.1. The topological polar surface area (TPSA) is 50.4 Å². The molecule has 1 saturated heterocycles. The van der Waals surface area contributed by atoms with Crippen molar-refractivity contribution < 1.29 is 9.53 Å². The van der Waals surface area contributed by atoms with E-state index < -0.39 is 0 Å². The Labute approximate surface area is 112 Å². The second-order valence-corrected chi connectivity index (χ2v) is 4.95. The van der Waals surface area contributed by atoms with Crippen molar-refractivity contribution in [2.24, 2.45) is 11.8 Å². The van der Waals surface area contributed by atoms with Gasteiger partial charge >= 0.3 is 0 Å². The largest absolute Gasteiger partial charge is 0.495 e. The Balaban J connectivity index is 2.02. The molecule has 0 aromatic heterocycles. The standard InChI is InChI=1S/C13H17ClN2O2/c1-8(9-6-15-7-9)13(17)16-10-3-4-11(14)12(5-10)18-2/h3-5,8-9,15H,6-7H2,1-2H3,(H,16,17). The van der Waals surface area contributed by atoms with Gasteiger partial charge in [-0.3, -0.25) is 4.79 Å². The van der Waals surface area contributed by atoms with Crippen LogP contribution >= 0.6 is 11.6 Å². The fraction of sp³-hybridized carbons (Fsp3) is 0.462. The summed E-state index contributed by atoms with van der Waals surface area (Å²) in [6.07, 6.45) is 0. The minimum Gasteiger partial charge on any atom is -0.495 e. The molecule has 1 fully saturated rings. The molecule has 1 aromatic carbocycles. The van der Waals surface area contributed by atoms with Crippen LogP contribution in [0.2, 0.25) is 5.02 Å². The molecule has 0 spiro atoms. The highest BCUT2D eigenvalue weighted by Crippen LogP contribution is 2.28. The molecule has 1 amide bonds. The first-order valence-electron chi connectivity index (χ1n) is 5.97. The first-order chi connectivity index (χ1) is 8.61. The molecule has 1 heterocycles. The number of hydrogen-bond donors (Lipinski definition) is 2. The Morgan fingerprint density at radius 1 is 1.56 bits per heavy atom. The molecule has 0 aliphatic carbocycles. The number of methoxy groups -OCH3 is 1. The first-order valence-corrected chi connectivity index (χ1v) is 6.34. The number of benzene rings is 1. The van der Waals surface area contributed by atoms with Gasteiger partial charge < -0.3 is 15.4 Å². The zero-order valence-electron chi connectivity index (χ0n) is 10.5. The molecule has 1 aliphatic heterocycles. The molecule has 1 aliphatic rings. The smallest absolute Gasteiger partial charge is 0.227 e. The molecule has 0 radical (unpaired) electrons. The van der Waals surface area contributed by atoms with Gasteiger partial charge in [0.05, 0.1) is 12.1 Å². The van der Waals surface area contributed by atoms with Gasteiger partial charge in [0.1, 0.15) is 5.75 Å². The number of anilines is 1. The van der Waals surface area contributed by atoms with E-state index in [2.05, 4.69) is 10.6 Å². The van der Waals surface area contributed by atoms with Crippen LogP contribution in [0.3, 0.4) is 0 Å². The molecule has 98 valence electrons. The van der Waals surface area contributed by atoms with Crippen molar-refractivity contribution in [3.05, 3.63) is 23.2 Å². The summed E-state index contributed by atoms with van der Waals surface area (Å²) in [6.45, 7) is 3.78. The minimum atomic E-state index is 0.00734. The quantitative estimate of drug-likeness (QED) is 0.880. The average molecular weight is 269 g/mol. The van der Waals surface area contributed by atoms with Crippen molar-refractivity contribution >= 4 is 23.2 Å². The van der Waals surface area contributed by atoms with Crippen LogP contribution in [0.4, 0.5) is 5.69 Å². The predicted octanol–water partition coefficient (Wildman–Crippen LogP) is 2.14. The third kappa shape index (κ3) is 2.76. The maximum Gasteiger partial charge on any atom is 0.227 e. The second kappa shape index (κ2) is 5.59. The van der Waals surface area contributed by atoms with Crippen molar-refractivity contribution in [3.8, 4) is 5.75 Å². The molecule has 2 rings (SSSR count). The van der Waals surface area contributed by atoms with E-state index in [0.717, 1.165) is 13.1 Å². The molecule has 5 heteroatoms. The molecule has 4 nitrogen and oxygen atoms in total. The summed E-state index contributed by atoms with van der Waals surface area (Å²) >= 11 is 5.93. The van der Waals surface area contributed by atoms with E-state index >= 15 is 0 Å². The van der Waals surface area contributed by atoms with Gasteiger partial charge in [0, 0.05) is 17.7 Å². The molecule has 1 atom stereocenters. The van der Waals surface area contributed by atoms with Crippen LogP contribution in [-0.4, -0.2) is 26.1 Å². The van der Waals surface area contributed by atoms with Crippen LogP contribution in [0.15, 0.2) is 18.2 Å². The lowest BCUT2D eigenvalue weighted by atomic mass is 9.88. The lowest BCUT2D eigenvalue weighted by Gasteiger charge is -2.31. The van der Waals surface area contributed by atoms with Crippen molar-refractivity contribution in [1.29, 1.82) is 0 Å². The molecule has 18 heavy (non-hydrogen) atoms. The highest BCUT2D eigenvalue weighted by atomic mass is 35.5. The fourth-order valence-electron chi connectivity index (χ4n) is 1.87. The fourth-order valence-corrected chi connectivity index (χ4v) is 2.07. The van der Waals surface area contributed by atoms with Crippen LogP contribution in [0, 0.1) is 11.8 Å². The lowest BCUT2D eigenvalue weighted by molar-refractivity contribution is -0.121. The van der Waals surface area contributed by atoms with Gasteiger partial charge in [0.15, 0.2) is 0 Å². The third-order valence-electron chi connectivity index (χ3n) is 3.35. The number of amides is 1. The molecular formula is C13H17ClN2O2. The number of halogens is 1. The van der Waals surface area contributed by atoms with Crippen LogP contribution < -0.4 is 15.4 Å². The maximum absolute atomic E-state index is 12.0. The van der Waals surface area contributed by atoms with E-state index in [9.17, 15) is 4.79 Å². The summed E-state index contributed by atoms with van der Waals surface area (Å²) in [5.41, 5.74) is 0.709. The molecular weight excluding hydrogens is 252 g/mol. The van der Waals surface area contributed by atoms with Crippen LogP contribution in [-0.2, 0) is 4.79 Å². The van der Waals surface area contributed by atoms with Crippen LogP contribution in [0.25, 0.3) is 0 Å². The number of rotatable bonds is 4. The van der Waals surface area contributed by atoms with Crippen molar-refractivity contribution in [1.82, 2.24) is 5.32 Å². The van der Waals surface area contributed by atoms with E-state index in [1.807, 2.05) is 6.92 Å². The van der Waals surface area contributed by atoms with Gasteiger partial charge in [-0.1, -0.05) is 18.5 Å². The Bertz CT molecular complexity index is 447. The van der Waals surface area contributed by atoms with Crippen LogP contribution in [0.1, 0.15) is 6.92 Å². The Morgan fingerprint density at radius 2 is 2.28 bits per heavy atom. The van der Waals surface area contributed by atoms with Crippen molar-refractivity contribution in [2.75, 3.05) is 25.5 Å². The molecule has 1 aromatic rings. The second-order valence-electron chi connectivity index (χ2n) is 4.55. The predicted molar refractivity (Wildman–Crippen MR) is 72.2 cm³/mol. The monoisotopic (exact) mass is 268 g/mol. The summed E-state index contributed by atoms with van der Waals surface area (Å²) in [4.78, 5) is 12.0. The molecule has 2 N–H and O–H groups in total. The summed E-state index contributed by atoms with van der Waals surface area (Å²) in [7, 11) is 1.55. The third-order valence-corrected chi connectivity index (χ3v) is 3.66. The van der Waals surface area contributed by atoms with Gasteiger partial charge in [-0.15, -0.1) is 0 Å². The number of ether oxygens (including phenoxy) is 1. The van der Waals surface area contributed by atoms with E-state index in [0.29, 0.717) is 22.4 Å². The molecule has 0 bridgehead atoms. The Morgan fingerprint density at radius 3 is 2.83 bits per heavy atom. The van der Waals surface area contributed by atoms with E-state index in [1.54, 1.807) is 25.3 Å². The van der Waals surface area contributed by atoms with Gasteiger partial charge in [-0.2, -0.15) is 0 Å². The van der Waals surface area contributed by atoms with Crippen LogP contribution in [0.5, 0.6) is 5.75 Å². The number of carbonyl (C=O) groups is 1. The maximum atomic E-state index is 12.0. The number of nitrogens with one attached hydrogen (secondary N) is 2. The van der Waals surface area contributed by atoms with E-state index in [-0.39, 0.29) is 11.8 Å². The highest BCUT2D eigenvalue weighted by molar-refractivity contribution is 6.32. The summed E-state index contributed by atoms with van der Waals surface area (Å²) in [6, 6.07) is 5.21. The minimum absolute atomic E-state index is 0.00734. The zero-order valence-corrected chi connectivity index (χ0v) is 11.3. The first kappa shape index (κ1) is 13.2. The Kier molecular flexibility index (Phi) is 4.09. The van der Waals surface area contributed by atoms with Crippen molar-refractivity contribution in [3.63, 3.8) is 0 Å². The summed E-state index contributed by atoms with van der Waals surface area (Å²) < 4.78 is 5.11. The van der Waals surface area contributed by atoms with Gasteiger partial charge in [0.2, 0.25) is 5.91 Å². The highest BCUT2D eigenvalue weighted by Gasteiger charge is 2.28. The normalized spacial score (nSPS) is 16.8. The molecule has 1 unspecified atom stereocenters. The number of carbonyl (C=O) groups excluding carboxylic acids is 1. The Hall–Kier alpha value is -1.26. The van der Waals surface area contributed by atoms with Gasteiger partial charge in [-0.05, 0) is 31.1 Å². The average Bonchev–Trinajstić information content (AvgIpc) is 2.29. The van der Waals surface area contributed by atoms with Crippen molar-refractivity contribution in [2.45, 2.75) is 6.92 Å². The van der Waals surface area contributed by atoms with E-state index in [4.69, 9.17) is 16.3 Å². The lowest BCUT2D eigenvalue weighted by Crippen LogP contribution is -2.48.